The van der Waals surface area contributed by atoms with Crippen molar-refractivity contribution >= 4 is 11.8 Å². The Morgan fingerprint density at radius 1 is 1.44 bits per heavy atom. The predicted molar refractivity (Wildman–Crippen MR) is 64.6 cm³/mol. The van der Waals surface area contributed by atoms with Gasteiger partial charge >= 0.3 is 11.7 Å². The topological polar surface area (TPSA) is 106 Å². The Labute approximate surface area is 103 Å². The summed E-state index contributed by atoms with van der Waals surface area (Å²) < 4.78 is 1.93. The van der Waals surface area contributed by atoms with Gasteiger partial charge in [0.25, 0.3) is 5.56 Å². The average molecular weight is 256 g/mol. The predicted octanol–water partition coefficient (Wildman–Crippen LogP) is -0.998. The first kappa shape index (κ1) is 13.9. The van der Waals surface area contributed by atoms with E-state index >= 15 is 0 Å². The maximum atomic E-state index is 11.7. The zero-order valence-electron chi connectivity index (χ0n) is 10.5. The van der Waals surface area contributed by atoms with E-state index in [-0.39, 0.29) is 12.4 Å². The number of aromatic nitrogens is 3. The fourth-order valence-corrected chi connectivity index (χ4v) is 1.44. The van der Waals surface area contributed by atoms with Gasteiger partial charge in [0.15, 0.2) is 0 Å². The summed E-state index contributed by atoms with van der Waals surface area (Å²) in [5.41, 5.74) is -1.10. The number of nitrogens with zero attached hydrogens (tertiary/aromatic N) is 3. The number of aliphatic carboxylic acids is 1. The maximum absolute atomic E-state index is 11.7. The third-order valence-electron chi connectivity index (χ3n) is 2.68. The number of carboxylic acids is 1. The zero-order valence-corrected chi connectivity index (χ0v) is 10.5. The van der Waals surface area contributed by atoms with E-state index in [1.807, 2.05) is 0 Å². The molecule has 1 aromatic rings. The molecule has 0 radical (unpaired) electrons. The van der Waals surface area contributed by atoms with E-state index in [0.717, 1.165) is 9.25 Å². The average Bonchev–Trinajstić information content (AvgIpc) is 2.33. The lowest BCUT2D eigenvalue weighted by atomic mass is 10.1. The molecule has 0 saturated heterocycles. The van der Waals surface area contributed by atoms with Gasteiger partial charge < -0.3 is 10.4 Å². The monoisotopic (exact) mass is 256 g/mol. The van der Waals surface area contributed by atoms with E-state index in [0.29, 0.717) is 6.42 Å². The van der Waals surface area contributed by atoms with Crippen molar-refractivity contribution < 1.29 is 9.90 Å². The highest BCUT2D eigenvalue weighted by atomic mass is 16.4. The minimum Gasteiger partial charge on any atom is -0.481 e. The van der Waals surface area contributed by atoms with Crippen molar-refractivity contribution in [3.63, 3.8) is 0 Å². The quantitative estimate of drug-likeness (QED) is 0.700. The highest BCUT2D eigenvalue weighted by molar-refractivity contribution is 5.70. The highest BCUT2D eigenvalue weighted by Crippen LogP contribution is 2.03. The highest BCUT2D eigenvalue weighted by Gasteiger charge is 2.16. The summed E-state index contributed by atoms with van der Waals surface area (Å²) >= 11 is 0. The number of rotatable bonds is 5. The lowest BCUT2D eigenvalue weighted by molar-refractivity contribution is -0.141. The Balaban J connectivity index is 2.96. The Bertz CT molecular complexity index is 560. The first-order valence-electron chi connectivity index (χ1n) is 5.49. The zero-order chi connectivity index (χ0) is 13.9. The van der Waals surface area contributed by atoms with Crippen molar-refractivity contribution in [3.05, 3.63) is 20.8 Å². The molecule has 2 N–H and O–H groups in total. The number of anilines is 1. The summed E-state index contributed by atoms with van der Waals surface area (Å²) in [5.74, 6) is -1.57. The Kier molecular flexibility index (Phi) is 4.24. The summed E-state index contributed by atoms with van der Waals surface area (Å²) in [7, 11) is 2.76. The number of nitrogens with one attached hydrogen (secondary N) is 1. The van der Waals surface area contributed by atoms with Gasteiger partial charge in [-0.15, -0.1) is 5.10 Å². The number of aryl methyl sites for hydroxylation is 1. The summed E-state index contributed by atoms with van der Waals surface area (Å²) in [6, 6.07) is 0. The Hall–Kier alpha value is -2.12. The smallest absolute Gasteiger partial charge is 0.346 e. The molecule has 0 spiro atoms. The summed E-state index contributed by atoms with van der Waals surface area (Å²) in [6.45, 7) is 1.83. The van der Waals surface area contributed by atoms with Crippen LogP contribution in [0.1, 0.15) is 13.3 Å². The normalized spacial score (nSPS) is 12.2. The molecular formula is C10H16N4O4. The van der Waals surface area contributed by atoms with Gasteiger partial charge in [0, 0.05) is 20.6 Å². The molecule has 0 fully saturated rings. The van der Waals surface area contributed by atoms with Crippen LogP contribution in [0.25, 0.3) is 0 Å². The molecule has 1 rings (SSSR count). The first-order chi connectivity index (χ1) is 8.38. The number of carbonyl (C=O) groups is 1. The van der Waals surface area contributed by atoms with Crippen LogP contribution in [0.2, 0.25) is 0 Å². The lowest BCUT2D eigenvalue weighted by Crippen LogP contribution is -2.40. The van der Waals surface area contributed by atoms with E-state index in [2.05, 4.69) is 10.4 Å². The van der Waals surface area contributed by atoms with E-state index < -0.39 is 23.1 Å². The van der Waals surface area contributed by atoms with E-state index in [1.165, 1.54) is 14.1 Å². The van der Waals surface area contributed by atoms with Crippen molar-refractivity contribution in [2.24, 2.45) is 20.0 Å². The number of hydrogen-bond acceptors (Lipinski definition) is 5. The Morgan fingerprint density at radius 2 is 2.06 bits per heavy atom. The molecule has 0 aromatic carbocycles. The molecule has 0 aliphatic carbocycles. The van der Waals surface area contributed by atoms with Gasteiger partial charge in [-0.25, -0.2) is 9.48 Å². The van der Waals surface area contributed by atoms with Gasteiger partial charge in [0.1, 0.15) is 0 Å². The lowest BCUT2D eigenvalue weighted by Gasteiger charge is -2.12. The van der Waals surface area contributed by atoms with Crippen molar-refractivity contribution in [2.75, 3.05) is 11.9 Å². The van der Waals surface area contributed by atoms with Crippen molar-refractivity contribution in [3.8, 4) is 0 Å². The van der Waals surface area contributed by atoms with Gasteiger partial charge in [0.2, 0.25) is 5.82 Å². The van der Waals surface area contributed by atoms with Crippen LogP contribution in [0.15, 0.2) is 9.59 Å². The molecule has 0 amide bonds. The molecule has 8 heteroatoms. The molecule has 1 heterocycles. The van der Waals surface area contributed by atoms with Crippen LogP contribution in [0.4, 0.5) is 5.82 Å². The molecule has 1 aromatic heterocycles. The molecule has 0 bridgehead atoms. The van der Waals surface area contributed by atoms with Gasteiger partial charge in [-0.1, -0.05) is 6.92 Å². The molecule has 100 valence electrons. The van der Waals surface area contributed by atoms with Crippen molar-refractivity contribution in [1.29, 1.82) is 0 Å². The molecule has 1 unspecified atom stereocenters. The fraction of sp³-hybridized carbons (Fsp3) is 0.600. The van der Waals surface area contributed by atoms with E-state index in [9.17, 15) is 14.4 Å². The summed E-state index contributed by atoms with van der Waals surface area (Å²) in [4.78, 5) is 33.9. The molecule has 0 aliphatic heterocycles. The third-order valence-corrected chi connectivity index (χ3v) is 2.68. The third kappa shape index (κ3) is 2.76. The first-order valence-corrected chi connectivity index (χ1v) is 5.49. The van der Waals surface area contributed by atoms with Crippen LogP contribution in [-0.4, -0.2) is 32.0 Å². The minimum absolute atomic E-state index is 0.0284. The molecule has 18 heavy (non-hydrogen) atoms. The van der Waals surface area contributed by atoms with E-state index in [4.69, 9.17) is 5.11 Å². The molecule has 1 atom stereocenters. The number of hydrogen-bond donors (Lipinski definition) is 2. The number of carboxylic acid groups (broad SMARTS) is 1. The van der Waals surface area contributed by atoms with Crippen LogP contribution >= 0.6 is 0 Å². The van der Waals surface area contributed by atoms with Crippen molar-refractivity contribution in [2.45, 2.75) is 13.3 Å². The molecule has 8 nitrogen and oxygen atoms in total. The van der Waals surface area contributed by atoms with Crippen LogP contribution in [0.3, 0.4) is 0 Å². The molecule has 0 saturated carbocycles. The van der Waals surface area contributed by atoms with Gasteiger partial charge in [0.05, 0.1) is 5.92 Å². The fourth-order valence-electron chi connectivity index (χ4n) is 1.44. The van der Waals surface area contributed by atoms with Crippen LogP contribution in [-0.2, 0) is 18.9 Å². The maximum Gasteiger partial charge on any atom is 0.346 e. The summed E-state index contributed by atoms with van der Waals surface area (Å²) in [5, 5.41) is 15.3. The SMILES string of the molecule is CCC(CNc1nn(C)c(=O)n(C)c1=O)C(=O)O. The second-order valence-electron chi connectivity index (χ2n) is 3.94. The molecule has 0 aliphatic rings. The van der Waals surface area contributed by atoms with Gasteiger partial charge in [-0.05, 0) is 6.42 Å². The largest absolute Gasteiger partial charge is 0.481 e. The standard InChI is InChI=1S/C10H16N4O4/c1-4-6(9(16)17)5-11-7-8(15)13(2)10(18)14(3)12-7/h6H,4-5H2,1-3H3,(H,11,12)(H,16,17). The second kappa shape index (κ2) is 5.48. The van der Waals surface area contributed by atoms with Crippen LogP contribution < -0.4 is 16.6 Å². The minimum atomic E-state index is -0.938. The van der Waals surface area contributed by atoms with Crippen LogP contribution in [0, 0.1) is 5.92 Å². The van der Waals surface area contributed by atoms with Crippen LogP contribution in [0.5, 0.6) is 0 Å². The van der Waals surface area contributed by atoms with E-state index in [1.54, 1.807) is 6.92 Å². The summed E-state index contributed by atoms with van der Waals surface area (Å²) in [6.07, 6.45) is 0.439. The van der Waals surface area contributed by atoms with Crippen molar-refractivity contribution in [1.82, 2.24) is 14.3 Å². The second-order valence-corrected chi connectivity index (χ2v) is 3.94. The van der Waals surface area contributed by atoms with Gasteiger partial charge in [-0.3, -0.25) is 14.2 Å². The Morgan fingerprint density at radius 3 is 2.56 bits per heavy atom. The van der Waals surface area contributed by atoms with Gasteiger partial charge in [-0.2, -0.15) is 0 Å². The molecular weight excluding hydrogens is 240 g/mol.